The predicted molar refractivity (Wildman–Crippen MR) is 109 cm³/mol. The van der Waals surface area contributed by atoms with Crippen LogP contribution >= 0.6 is 11.3 Å². The molecule has 4 heteroatoms. The Labute approximate surface area is 164 Å². The summed E-state index contributed by atoms with van der Waals surface area (Å²) in [4.78, 5) is 16.7. The molecule has 0 radical (unpaired) electrons. The van der Waals surface area contributed by atoms with Gasteiger partial charge >= 0.3 is 0 Å². The van der Waals surface area contributed by atoms with Crippen molar-refractivity contribution in [2.24, 2.45) is 0 Å². The Morgan fingerprint density at radius 1 is 1.19 bits per heavy atom. The van der Waals surface area contributed by atoms with E-state index in [4.69, 9.17) is 4.74 Å². The first-order valence-electron chi connectivity index (χ1n) is 9.21. The van der Waals surface area contributed by atoms with Crippen LogP contribution in [0.3, 0.4) is 0 Å². The van der Waals surface area contributed by atoms with Gasteiger partial charge in [0.2, 0.25) is 5.91 Å². The van der Waals surface area contributed by atoms with Crippen LogP contribution in [0, 0.1) is 6.92 Å². The number of fused-ring (bicyclic) bond motifs is 1. The van der Waals surface area contributed by atoms with E-state index in [1.165, 1.54) is 16.0 Å². The molecule has 0 aliphatic carbocycles. The minimum Gasteiger partial charge on any atom is -0.496 e. The average Bonchev–Trinajstić information content (AvgIpc) is 3.18. The molecule has 0 saturated heterocycles. The monoisotopic (exact) mass is 377 g/mol. The van der Waals surface area contributed by atoms with E-state index in [1.807, 2.05) is 48.2 Å². The Morgan fingerprint density at radius 3 is 2.78 bits per heavy atom. The Hall–Kier alpha value is -2.59. The van der Waals surface area contributed by atoms with E-state index in [-0.39, 0.29) is 11.9 Å². The Bertz CT molecular complexity index is 948. The second-order valence-corrected chi connectivity index (χ2v) is 7.93. The van der Waals surface area contributed by atoms with Gasteiger partial charge in [0.15, 0.2) is 0 Å². The fraction of sp³-hybridized carbons (Fsp3) is 0.261. The number of nitrogens with zero attached hydrogens (tertiary/aromatic N) is 1. The minimum absolute atomic E-state index is 0.000967. The summed E-state index contributed by atoms with van der Waals surface area (Å²) in [5.41, 5.74) is 4.51. The largest absolute Gasteiger partial charge is 0.496 e. The summed E-state index contributed by atoms with van der Waals surface area (Å²) in [6.07, 6.45) is 1.32. The number of benzene rings is 2. The van der Waals surface area contributed by atoms with Crippen molar-refractivity contribution in [2.75, 3.05) is 13.7 Å². The lowest BCUT2D eigenvalue weighted by Gasteiger charge is -2.36. The molecule has 0 N–H and O–H groups in total. The predicted octanol–water partition coefficient (Wildman–Crippen LogP) is 4.78. The van der Waals surface area contributed by atoms with Crippen molar-refractivity contribution >= 4 is 17.2 Å². The van der Waals surface area contributed by atoms with E-state index in [0.717, 1.165) is 29.8 Å². The molecule has 3 nitrogen and oxygen atoms in total. The zero-order chi connectivity index (χ0) is 18.8. The van der Waals surface area contributed by atoms with Crippen molar-refractivity contribution in [3.63, 3.8) is 0 Å². The van der Waals surface area contributed by atoms with Gasteiger partial charge < -0.3 is 9.64 Å². The summed E-state index contributed by atoms with van der Waals surface area (Å²) in [7, 11) is 1.67. The Morgan fingerprint density at radius 2 is 2.00 bits per heavy atom. The highest BCUT2D eigenvalue weighted by atomic mass is 32.1. The van der Waals surface area contributed by atoms with Gasteiger partial charge in [-0.3, -0.25) is 4.79 Å². The van der Waals surface area contributed by atoms with Crippen LogP contribution in [0.15, 0.2) is 60.0 Å². The lowest BCUT2D eigenvalue weighted by molar-refractivity contribution is -0.132. The fourth-order valence-electron chi connectivity index (χ4n) is 3.83. The van der Waals surface area contributed by atoms with Crippen molar-refractivity contribution in [2.45, 2.75) is 25.8 Å². The molecule has 2 aromatic carbocycles. The molecule has 1 atom stereocenters. The molecule has 1 unspecified atom stereocenters. The molecule has 138 valence electrons. The van der Waals surface area contributed by atoms with E-state index in [1.54, 1.807) is 18.4 Å². The summed E-state index contributed by atoms with van der Waals surface area (Å²) >= 11 is 1.79. The van der Waals surface area contributed by atoms with Crippen LogP contribution in [-0.4, -0.2) is 24.5 Å². The topological polar surface area (TPSA) is 29.5 Å². The zero-order valence-corrected chi connectivity index (χ0v) is 16.5. The summed E-state index contributed by atoms with van der Waals surface area (Å²) in [6.45, 7) is 2.77. The van der Waals surface area contributed by atoms with E-state index in [2.05, 4.69) is 23.6 Å². The maximum absolute atomic E-state index is 13.3. The first-order chi connectivity index (χ1) is 13.2. The van der Waals surface area contributed by atoms with E-state index >= 15 is 0 Å². The highest BCUT2D eigenvalue weighted by Crippen LogP contribution is 2.38. The number of amides is 1. The first-order valence-corrected chi connectivity index (χ1v) is 10.1. The van der Waals surface area contributed by atoms with Crippen molar-refractivity contribution in [1.82, 2.24) is 4.90 Å². The quantitative estimate of drug-likeness (QED) is 0.655. The normalized spacial score (nSPS) is 16.1. The molecule has 27 heavy (non-hydrogen) atoms. The second-order valence-electron chi connectivity index (χ2n) is 6.93. The van der Waals surface area contributed by atoms with E-state index in [9.17, 15) is 4.79 Å². The molecule has 0 spiro atoms. The van der Waals surface area contributed by atoms with Crippen molar-refractivity contribution in [1.29, 1.82) is 0 Å². The number of carbonyl (C=O) groups is 1. The van der Waals surface area contributed by atoms with E-state index < -0.39 is 0 Å². The smallest absolute Gasteiger partial charge is 0.227 e. The summed E-state index contributed by atoms with van der Waals surface area (Å²) < 4.78 is 5.42. The molecule has 1 aliphatic heterocycles. The Kier molecular flexibility index (Phi) is 4.99. The van der Waals surface area contributed by atoms with Gasteiger partial charge in [0.1, 0.15) is 5.75 Å². The van der Waals surface area contributed by atoms with Crippen LogP contribution in [0.25, 0.3) is 0 Å². The van der Waals surface area contributed by atoms with Gasteiger partial charge in [0, 0.05) is 11.4 Å². The number of rotatable bonds is 4. The SMILES string of the molecule is COc1cc(CC(=O)N2CCc3sccc3C2c2ccccc2)ccc1C. The van der Waals surface area contributed by atoms with Crippen LogP contribution < -0.4 is 4.74 Å². The molecule has 1 aromatic heterocycles. The van der Waals surface area contributed by atoms with Crippen LogP contribution in [0.2, 0.25) is 0 Å². The van der Waals surface area contributed by atoms with Gasteiger partial charge in [-0.15, -0.1) is 11.3 Å². The molecule has 0 saturated carbocycles. The number of ether oxygens (including phenoxy) is 1. The molecule has 4 rings (SSSR count). The molecule has 1 amide bonds. The lowest BCUT2D eigenvalue weighted by Crippen LogP contribution is -2.40. The van der Waals surface area contributed by atoms with Gasteiger partial charge in [-0.2, -0.15) is 0 Å². The average molecular weight is 378 g/mol. The number of hydrogen-bond acceptors (Lipinski definition) is 3. The van der Waals surface area contributed by atoms with Crippen molar-refractivity contribution in [3.8, 4) is 5.75 Å². The van der Waals surface area contributed by atoms with Crippen LogP contribution in [0.4, 0.5) is 0 Å². The third-order valence-electron chi connectivity index (χ3n) is 5.23. The lowest BCUT2D eigenvalue weighted by atomic mass is 9.92. The summed E-state index contributed by atoms with van der Waals surface area (Å²) in [5.74, 6) is 0.991. The number of carbonyl (C=O) groups excluding carboxylic acids is 1. The van der Waals surface area contributed by atoms with Gasteiger partial charge in [-0.25, -0.2) is 0 Å². The van der Waals surface area contributed by atoms with Gasteiger partial charge in [-0.05, 0) is 53.1 Å². The fourth-order valence-corrected chi connectivity index (χ4v) is 4.73. The highest BCUT2D eigenvalue weighted by molar-refractivity contribution is 7.10. The maximum Gasteiger partial charge on any atom is 0.227 e. The summed E-state index contributed by atoms with van der Waals surface area (Å²) in [6, 6.07) is 18.5. The second kappa shape index (κ2) is 7.57. The molecular weight excluding hydrogens is 354 g/mol. The number of thiophene rings is 1. The van der Waals surface area contributed by atoms with Gasteiger partial charge in [-0.1, -0.05) is 42.5 Å². The molecule has 1 aliphatic rings. The minimum atomic E-state index is 0.000967. The summed E-state index contributed by atoms with van der Waals surface area (Å²) in [5, 5.41) is 2.14. The number of aryl methyl sites for hydroxylation is 1. The molecule has 2 heterocycles. The van der Waals surface area contributed by atoms with Crippen LogP contribution in [0.5, 0.6) is 5.75 Å². The van der Waals surface area contributed by atoms with Gasteiger partial charge in [0.05, 0.1) is 19.6 Å². The third kappa shape index (κ3) is 3.50. The highest BCUT2D eigenvalue weighted by Gasteiger charge is 2.32. The standard InChI is InChI=1S/C23H23NO2S/c1-16-8-9-17(14-20(16)26-2)15-22(25)24-12-10-21-19(11-13-27-21)23(24)18-6-4-3-5-7-18/h3-9,11,13-14,23H,10,12,15H2,1-2H3. The maximum atomic E-state index is 13.3. The van der Waals surface area contributed by atoms with Crippen molar-refractivity contribution < 1.29 is 9.53 Å². The number of methoxy groups -OCH3 is 1. The van der Waals surface area contributed by atoms with E-state index in [0.29, 0.717) is 6.42 Å². The molecule has 0 bridgehead atoms. The van der Waals surface area contributed by atoms with Crippen molar-refractivity contribution in [3.05, 3.63) is 87.1 Å². The van der Waals surface area contributed by atoms with Crippen LogP contribution in [-0.2, 0) is 17.6 Å². The first kappa shape index (κ1) is 17.8. The Balaban J connectivity index is 1.64. The zero-order valence-electron chi connectivity index (χ0n) is 15.6. The van der Waals surface area contributed by atoms with Crippen LogP contribution in [0.1, 0.15) is 33.2 Å². The number of hydrogen-bond donors (Lipinski definition) is 0. The van der Waals surface area contributed by atoms with Gasteiger partial charge in [0.25, 0.3) is 0 Å². The molecular formula is C23H23NO2S. The molecule has 0 fully saturated rings. The third-order valence-corrected chi connectivity index (χ3v) is 6.23. The molecule has 3 aromatic rings.